The minimum atomic E-state index is -3.44. The third-order valence-corrected chi connectivity index (χ3v) is 5.49. The molecule has 1 aliphatic carbocycles. The van der Waals surface area contributed by atoms with Gasteiger partial charge in [-0.3, -0.25) is 4.79 Å². The molecule has 2 aromatic carbocycles. The minimum Gasteiger partial charge on any atom is -0.349 e. The molecule has 4 rings (SSSR count). The van der Waals surface area contributed by atoms with Crippen molar-refractivity contribution in [2.75, 3.05) is 6.26 Å². The van der Waals surface area contributed by atoms with E-state index in [1.165, 1.54) is 0 Å². The van der Waals surface area contributed by atoms with Gasteiger partial charge in [-0.2, -0.15) is 9.19 Å². The van der Waals surface area contributed by atoms with E-state index in [0.717, 1.165) is 45.3 Å². The van der Waals surface area contributed by atoms with Gasteiger partial charge in [-0.1, -0.05) is 12.1 Å². The number of carbonyl (C=O) groups is 1. The molecule has 0 aliphatic heterocycles. The maximum atomic E-state index is 12.3. The fourth-order valence-electron chi connectivity index (χ4n) is 3.01. The quantitative estimate of drug-likeness (QED) is 0.767. The fraction of sp³-hybridized carbons (Fsp3) is 0.263. The molecule has 6 nitrogen and oxygen atoms in total. The van der Waals surface area contributed by atoms with Gasteiger partial charge in [0.2, 0.25) is 0 Å². The van der Waals surface area contributed by atoms with Crippen LogP contribution in [0.1, 0.15) is 28.8 Å². The second kappa shape index (κ2) is 5.95. The van der Waals surface area contributed by atoms with E-state index in [1.54, 1.807) is 12.3 Å². The Balaban J connectivity index is 1.75. The van der Waals surface area contributed by atoms with Crippen LogP contribution in [0.25, 0.3) is 22.0 Å². The Hall–Kier alpha value is -2.67. The number of nitrogens with zero attached hydrogens (tertiary/aromatic N) is 2. The van der Waals surface area contributed by atoms with Gasteiger partial charge in [0.05, 0.1) is 18.0 Å². The van der Waals surface area contributed by atoms with E-state index in [0.29, 0.717) is 17.1 Å². The van der Waals surface area contributed by atoms with Gasteiger partial charge in [0.25, 0.3) is 15.9 Å². The number of hydrogen-bond donors (Lipinski definition) is 1. The van der Waals surface area contributed by atoms with E-state index in [4.69, 9.17) is 0 Å². The average molecular weight is 369 g/mol. The van der Waals surface area contributed by atoms with Gasteiger partial charge >= 0.3 is 0 Å². The maximum absolute atomic E-state index is 12.3. The summed E-state index contributed by atoms with van der Waals surface area (Å²) >= 11 is 0. The summed E-state index contributed by atoms with van der Waals surface area (Å²) in [5.74, 6) is -0.0558. The van der Waals surface area contributed by atoms with Crippen molar-refractivity contribution in [1.82, 2.24) is 14.5 Å². The first kappa shape index (κ1) is 16.8. The van der Waals surface area contributed by atoms with Gasteiger partial charge in [0.1, 0.15) is 0 Å². The number of amides is 1. The topological polar surface area (TPSA) is 81.1 Å². The summed E-state index contributed by atoms with van der Waals surface area (Å²) in [6, 6.07) is 11.5. The smallest absolute Gasteiger partial charge is 0.251 e. The van der Waals surface area contributed by atoms with Crippen LogP contribution in [0.15, 0.2) is 42.6 Å². The highest BCUT2D eigenvalue weighted by atomic mass is 32.2. The summed E-state index contributed by atoms with van der Waals surface area (Å²) < 4.78 is 24.6. The highest BCUT2D eigenvalue weighted by Crippen LogP contribution is 2.29. The van der Waals surface area contributed by atoms with Crippen LogP contribution in [-0.4, -0.2) is 35.8 Å². The molecule has 0 spiro atoms. The average Bonchev–Trinajstić information content (AvgIpc) is 3.28. The van der Waals surface area contributed by atoms with Crippen LogP contribution in [0.4, 0.5) is 0 Å². The van der Waals surface area contributed by atoms with E-state index in [-0.39, 0.29) is 5.91 Å². The molecule has 1 N–H and O–H groups in total. The number of aromatic nitrogens is 2. The molecule has 0 saturated heterocycles. The van der Waals surface area contributed by atoms with Gasteiger partial charge < -0.3 is 5.32 Å². The molecule has 1 amide bonds. The van der Waals surface area contributed by atoms with Crippen LogP contribution in [0.5, 0.6) is 0 Å². The fourth-order valence-corrected chi connectivity index (χ4v) is 3.75. The Labute approximate surface area is 151 Å². The molecule has 1 aliphatic rings. The van der Waals surface area contributed by atoms with Crippen molar-refractivity contribution in [3.63, 3.8) is 0 Å². The summed E-state index contributed by atoms with van der Waals surface area (Å²) in [6.07, 6.45) is 4.76. The molecule has 0 unspecified atom stereocenters. The highest BCUT2D eigenvalue weighted by Gasteiger charge is 2.24. The summed E-state index contributed by atoms with van der Waals surface area (Å²) in [5, 5.41) is 7.71. The summed E-state index contributed by atoms with van der Waals surface area (Å²) in [6.45, 7) is 1.99. The van der Waals surface area contributed by atoms with Crippen molar-refractivity contribution in [2.45, 2.75) is 25.8 Å². The van der Waals surface area contributed by atoms with Gasteiger partial charge in [-0.25, -0.2) is 8.42 Å². The predicted molar refractivity (Wildman–Crippen MR) is 101 cm³/mol. The lowest BCUT2D eigenvalue weighted by molar-refractivity contribution is 0.0951. The number of carbonyl (C=O) groups excluding carboxylic acids is 1. The van der Waals surface area contributed by atoms with Crippen LogP contribution < -0.4 is 5.32 Å². The lowest BCUT2D eigenvalue weighted by Gasteiger charge is -2.10. The van der Waals surface area contributed by atoms with Gasteiger partial charge in [0.15, 0.2) is 0 Å². The molecule has 0 atom stereocenters. The Bertz CT molecular complexity index is 1130. The molecule has 7 heteroatoms. The lowest BCUT2D eigenvalue weighted by atomic mass is 9.97. The molecule has 1 fully saturated rings. The van der Waals surface area contributed by atoms with Crippen molar-refractivity contribution < 1.29 is 13.2 Å². The highest BCUT2D eigenvalue weighted by molar-refractivity contribution is 7.89. The molecule has 26 heavy (non-hydrogen) atoms. The third-order valence-electron chi connectivity index (χ3n) is 4.57. The zero-order valence-electron chi connectivity index (χ0n) is 14.6. The second-order valence-electron chi connectivity index (χ2n) is 6.80. The van der Waals surface area contributed by atoms with Crippen molar-refractivity contribution in [1.29, 1.82) is 0 Å². The standard InChI is InChI=1S/C19H19N3O3S/c1-12-3-4-14(19(23)21-16-6-7-16)10-17(12)13-5-8-18-15(9-13)11-20-22(18)26(2,24)25/h3-5,8-11,16H,6-7H2,1-2H3,(H,21,23). The van der Waals surface area contributed by atoms with E-state index in [9.17, 15) is 13.2 Å². The first-order valence-corrected chi connectivity index (χ1v) is 10.3. The lowest BCUT2D eigenvalue weighted by Crippen LogP contribution is -2.25. The van der Waals surface area contributed by atoms with Gasteiger partial charge in [-0.05, 0) is 60.7 Å². The first-order valence-electron chi connectivity index (χ1n) is 8.43. The molecule has 1 heterocycles. The van der Waals surface area contributed by atoms with Crippen LogP contribution >= 0.6 is 0 Å². The van der Waals surface area contributed by atoms with Crippen molar-refractivity contribution in [3.8, 4) is 11.1 Å². The monoisotopic (exact) mass is 369 g/mol. The summed E-state index contributed by atoms with van der Waals surface area (Å²) in [7, 11) is -3.44. The largest absolute Gasteiger partial charge is 0.349 e. The molecular weight excluding hydrogens is 350 g/mol. The van der Waals surface area contributed by atoms with E-state index in [2.05, 4.69) is 10.4 Å². The van der Waals surface area contributed by atoms with Crippen LogP contribution in [-0.2, 0) is 10.0 Å². The molecular formula is C19H19N3O3S. The number of aryl methyl sites for hydroxylation is 1. The number of rotatable bonds is 4. The number of fused-ring (bicyclic) bond motifs is 1. The van der Waals surface area contributed by atoms with Crippen LogP contribution in [0.3, 0.4) is 0 Å². The molecule has 134 valence electrons. The minimum absolute atomic E-state index is 0.0558. The van der Waals surface area contributed by atoms with Crippen LogP contribution in [0, 0.1) is 6.92 Å². The van der Waals surface area contributed by atoms with Gasteiger partial charge in [0, 0.05) is 17.0 Å². The zero-order chi connectivity index (χ0) is 18.5. The van der Waals surface area contributed by atoms with E-state index in [1.807, 2.05) is 37.3 Å². The predicted octanol–water partition coefficient (Wildman–Crippen LogP) is 2.71. The zero-order valence-corrected chi connectivity index (χ0v) is 15.4. The summed E-state index contributed by atoms with van der Waals surface area (Å²) in [4.78, 5) is 12.3. The molecule has 0 bridgehead atoms. The Morgan fingerprint density at radius 3 is 2.65 bits per heavy atom. The van der Waals surface area contributed by atoms with Crippen molar-refractivity contribution in [2.24, 2.45) is 0 Å². The number of hydrogen-bond acceptors (Lipinski definition) is 4. The number of benzene rings is 2. The normalized spacial score (nSPS) is 14.5. The Morgan fingerprint density at radius 2 is 1.96 bits per heavy atom. The molecule has 1 aromatic heterocycles. The molecule has 1 saturated carbocycles. The first-order chi connectivity index (χ1) is 12.3. The Morgan fingerprint density at radius 1 is 1.19 bits per heavy atom. The van der Waals surface area contributed by atoms with Crippen LogP contribution in [0.2, 0.25) is 0 Å². The van der Waals surface area contributed by atoms with Crippen molar-refractivity contribution in [3.05, 3.63) is 53.7 Å². The van der Waals surface area contributed by atoms with E-state index < -0.39 is 10.0 Å². The second-order valence-corrected chi connectivity index (χ2v) is 8.61. The third kappa shape index (κ3) is 3.10. The molecule has 0 radical (unpaired) electrons. The Kier molecular flexibility index (Phi) is 3.84. The van der Waals surface area contributed by atoms with E-state index >= 15 is 0 Å². The summed E-state index contributed by atoms with van der Waals surface area (Å²) in [5.41, 5.74) is 4.08. The molecule has 3 aromatic rings. The van der Waals surface area contributed by atoms with Gasteiger partial charge in [-0.15, -0.1) is 0 Å². The van der Waals surface area contributed by atoms with Crippen molar-refractivity contribution >= 4 is 26.8 Å². The number of nitrogens with one attached hydrogen (secondary N) is 1. The SMILES string of the molecule is Cc1ccc(C(=O)NC2CC2)cc1-c1ccc2c(cnn2S(C)(=O)=O)c1. The maximum Gasteiger partial charge on any atom is 0.251 e.